The summed E-state index contributed by atoms with van der Waals surface area (Å²) in [7, 11) is 1.49. The van der Waals surface area contributed by atoms with Crippen LogP contribution in [0.15, 0.2) is 30.3 Å². The Balaban J connectivity index is 1.40. The van der Waals surface area contributed by atoms with E-state index in [-0.39, 0.29) is 29.7 Å². The van der Waals surface area contributed by atoms with E-state index in [9.17, 15) is 14.4 Å². The molecule has 0 saturated carbocycles. The molecule has 5 rings (SSSR count). The number of benzene rings is 2. The maximum atomic E-state index is 13.3. The molecule has 14 heteroatoms. The number of hydrogen-bond acceptors (Lipinski definition) is 9. The summed E-state index contributed by atoms with van der Waals surface area (Å²) in [5.74, 6) is -0.359. The van der Waals surface area contributed by atoms with Gasteiger partial charge in [0.15, 0.2) is 0 Å². The monoisotopic (exact) mass is 575 g/mol. The number of aromatic nitrogens is 4. The third kappa shape index (κ3) is 5.25. The lowest BCUT2D eigenvalue weighted by Gasteiger charge is -2.27. The molecule has 220 valence electrons. The van der Waals surface area contributed by atoms with E-state index in [4.69, 9.17) is 26.7 Å². The summed E-state index contributed by atoms with van der Waals surface area (Å²) < 4.78 is 15.0. The highest BCUT2D eigenvalue weighted by Crippen LogP contribution is 2.39. The van der Waals surface area contributed by atoms with Gasteiger partial charge in [0, 0.05) is 24.2 Å². The van der Waals surface area contributed by atoms with E-state index in [0.717, 1.165) is 5.69 Å². The van der Waals surface area contributed by atoms with Gasteiger partial charge in [-0.1, -0.05) is 0 Å². The Hall–Kier alpha value is -5.27. The number of primary amides is 2. The smallest absolute Gasteiger partial charge is 0.276 e. The summed E-state index contributed by atoms with van der Waals surface area (Å²) in [6.07, 6.45) is 1.32. The Morgan fingerprint density at radius 3 is 2.55 bits per heavy atom. The van der Waals surface area contributed by atoms with Crippen LogP contribution in [0, 0.1) is 6.92 Å². The molecule has 4 aromatic rings. The molecule has 0 spiro atoms. The van der Waals surface area contributed by atoms with Gasteiger partial charge in [-0.15, -0.1) is 0 Å². The molecule has 0 aliphatic carbocycles. The fraction of sp³-hybridized carbons (Fsp3) is 0.321. The lowest BCUT2D eigenvalue weighted by atomic mass is 10.1. The van der Waals surface area contributed by atoms with E-state index in [1.54, 1.807) is 22.9 Å². The van der Waals surface area contributed by atoms with Gasteiger partial charge < -0.3 is 36.6 Å². The number of carbonyl (C=O) groups is 3. The van der Waals surface area contributed by atoms with Gasteiger partial charge in [-0.3, -0.25) is 24.4 Å². The lowest BCUT2D eigenvalue weighted by Crippen LogP contribution is -2.26. The zero-order valence-electron chi connectivity index (χ0n) is 23.6. The Bertz CT molecular complexity index is 1710. The van der Waals surface area contributed by atoms with Crippen molar-refractivity contribution in [3.63, 3.8) is 0 Å². The fourth-order valence-electron chi connectivity index (χ4n) is 5.18. The highest BCUT2D eigenvalue weighted by atomic mass is 16.5. The molecule has 1 aliphatic heterocycles. The molecule has 0 unspecified atom stereocenters. The Kier molecular flexibility index (Phi) is 7.61. The molecule has 1 atom stereocenters. The van der Waals surface area contributed by atoms with Crippen LogP contribution in [0.2, 0.25) is 0 Å². The number of carbonyl (C=O) groups excluding carboxylic acids is 3. The number of nitrogens with one attached hydrogen (secondary N) is 2. The molecule has 8 N–H and O–H groups in total. The van der Waals surface area contributed by atoms with E-state index in [2.05, 4.69) is 20.7 Å². The summed E-state index contributed by atoms with van der Waals surface area (Å²) >= 11 is 0. The first-order valence-corrected chi connectivity index (χ1v) is 13.5. The van der Waals surface area contributed by atoms with Crippen molar-refractivity contribution in [1.82, 2.24) is 19.3 Å². The second kappa shape index (κ2) is 11.3. The number of rotatable bonds is 11. The maximum absolute atomic E-state index is 13.3. The lowest BCUT2D eigenvalue weighted by molar-refractivity contribution is 0.0991. The molecule has 2 aromatic carbocycles. The van der Waals surface area contributed by atoms with E-state index >= 15 is 0 Å². The van der Waals surface area contributed by atoms with E-state index in [1.165, 1.54) is 19.2 Å². The van der Waals surface area contributed by atoms with Crippen LogP contribution in [0.1, 0.15) is 62.7 Å². The predicted octanol–water partition coefficient (Wildman–Crippen LogP) is 2.43. The second-order valence-corrected chi connectivity index (χ2v) is 9.99. The van der Waals surface area contributed by atoms with Gasteiger partial charge in [0.2, 0.25) is 17.8 Å². The number of methoxy groups -OCH3 is 1. The second-order valence-electron chi connectivity index (χ2n) is 9.99. The molecule has 1 aliphatic rings. The molecule has 0 radical (unpaired) electrons. The van der Waals surface area contributed by atoms with Gasteiger partial charge >= 0.3 is 0 Å². The molecular formula is C28H33N9O5. The molecule has 0 bridgehead atoms. The molecule has 42 heavy (non-hydrogen) atoms. The van der Waals surface area contributed by atoms with E-state index in [1.807, 2.05) is 18.4 Å². The van der Waals surface area contributed by atoms with Gasteiger partial charge in [0.25, 0.3) is 5.91 Å². The zero-order valence-corrected chi connectivity index (χ0v) is 23.6. The van der Waals surface area contributed by atoms with Crippen molar-refractivity contribution < 1.29 is 23.9 Å². The van der Waals surface area contributed by atoms with Crippen LogP contribution in [0.3, 0.4) is 0 Å². The van der Waals surface area contributed by atoms with Crippen LogP contribution in [0.25, 0.3) is 11.0 Å². The minimum atomic E-state index is -0.606. The van der Waals surface area contributed by atoms with Gasteiger partial charge in [0.1, 0.15) is 35.0 Å². The topological polar surface area (TPSA) is 207 Å². The predicted molar refractivity (Wildman–Crippen MR) is 157 cm³/mol. The van der Waals surface area contributed by atoms with Crippen LogP contribution in [-0.4, -0.2) is 57.3 Å². The number of imidazole rings is 1. The van der Waals surface area contributed by atoms with Gasteiger partial charge in [-0.05, 0) is 57.0 Å². The molecule has 3 heterocycles. The van der Waals surface area contributed by atoms with E-state index in [0.29, 0.717) is 71.5 Å². The van der Waals surface area contributed by atoms with Crippen molar-refractivity contribution in [3.05, 3.63) is 52.8 Å². The number of anilines is 3. The van der Waals surface area contributed by atoms with Crippen LogP contribution in [0.5, 0.6) is 11.5 Å². The number of nitrogens with zero attached hydrogens (tertiary/aromatic N) is 4. The van der Waals surface area contributed by atoms with Crippen molar-refractivity contribution in [1.29, 1.82) is 0 Å². The molecule has 14 nitrogen and oxygen atoms in total. The van der Waals surface area contributed by atoms with Crippen molar-refractivity contribution in [2.24, 2.45) is 11.5 Å². The normalized spacial score (nSPS) is 13.9. The first-order chi connectivity index (χ1) is 20.1. The minimum Gasteiger partial charge on any atom is -0.494 e. The third-order valence-electron chi connectivity index (χ3n) is 7.14. The SMILES string of the molecule is CCn1nc(C)cc1C(=O)Nc1nc2cc(C(N)=O)cc3c2n1[C@@H](CCCNc1c(N)cc(C(N)=O)cc1OC)CO3. The fourth-order valence-corrected chi connectivity index (χ4v) is 5.18. The summed E-state index contributed by atoms with van der Waals surface area (Å²) in [5.41, 5.74) is 20.8. The molecule has 2 aromatic heterocycles. The highest BCUT2D eigenvalue weighted by molar-refractivity contribution is 6.04. The average Bonchev–Trinajstić information content (AvgIpc) is 3.52. The van der Waals surface area contributed by atoms with Crippen LogP contribution in [-0.2, 0) is 6.54 Å². The largest absolute Gasteiger partial charge is 0.494 e. The quantitative estimate of drug-likeness (QED) is 0.131. The van der Waals surface area contributed by atoms with E-state index < -0.39 is 11.8 Å². The molecule has 0 fully saturated rings. The summed E-state index contributed by atoms with van der Waals surface area (Å²) in [5, 5.41) is 10.6. The number of nitrogens with two attached hydrogens (primary N) is 3. The van der Waals surface area contributed by atoms with Crippen molar-refractivity contribution in [3.8, 4) is 11.5 Å². The number of hydrogen-bond donors (Lipinski definition) is 5. The molecule has 0 saturated heterocycles. The van der Waals surface area contributed by atoms with Crippen molar-refractivity contribution >= 4 is 46.1 Å². The van der Waals surface area contributed by atoms with Crippen LogP contribution >= 0.6 is 0 Å². The number of amides is 3. The standard InChI is InChI=1S/C28H33N9O5/c1-4-36-20(8-14(2)35-36)27(40)34-28-33-19-10-16(26(31)39)12-22-24(19)37(28)17(13-42-22)6-5-7-32-23-18(29)9-15(25(30)38)11-21(23)41-3/h8-12,17,32H,4-7,13,29H2,1-3H3,(H2,30,38)(H2,31,39)(H,33,34,40)/t17-/m0/s1. The van der Waals surface area contributed by atoms with Crippen molar-refractivity contribution in [2.45, 2.75) is 39.3 Å². The summed E-state index contributed by atoms with van der Waals surface area (Å²) in [6.45, 7) is 5.07. The molecular weight excluding hydrogens is 542 g/mol. The Labute approximate surface area is 241 Å². The van der Waals surface area contributed by atoms with Gasteiger partial charge in [-0.2, -0.15) is 5.10 Å². The first kappa shape index (κ1) is 28.3. The van der Waals surface area contributed by atoms with Crippen molar-refractivity contribution in [2.75, 3.05) is 36.6 Å². The maximum Gasteiger partial charge on any atom is 0.276 e. The zero-order chi connectivity index (χ0) is 30.1. The summed E-state index contributed by atoms with van der Waals surface area (Å²) in [6, 6.07) is 7.75. The summed E-state index contributed by atoms with van der Waals surface area (Å²) in [4.78, 5) is 41.5. The number of aryl methyl sites for hydroxylation is 2. The van der Waals surface area contributed by atoms with Crippen LogP contribution in [0.4, 0.5) is 17.3 Å². The highest BCUT2D eigenvalue weighted by Gasteiger charge is 2.29. The van der Waals surface area contributed by atoms with Gasteiger partial charge in [0.05, 0.1) is 30.0 Å². The average molecular weight is 576 g/mol. The first-order valence-electron chi connectivity index (χ1n) is 13.5. The minimum absolute atomic E-state index is 0.187. The Morgan fingerprint density at radius 2 is 1.86 bits per heavy atom. The van der Waals surface area contributed by atoms with Crippen LogP contribution < -0.4 is 37.3 Å². The van der Waals surface area contributed by atoms with Gasteiger partial charge in [-0.25, -0.2) is 4.98 Å². The number of nitrogen functional groups attached to an aromatic ring is 1. The number of ether oxygens (including phenoxy) is 2. The molecule has 3 amide bonds. The Morgan fingerprint density at radius 1 is 1.12 bits per heavy atom. The third-order valence-corrected chi connectivity index (χ3v) is 7.14.